The van der Waals surface area contributed by atoms with E-state index in [4.69, 9.17) is 4.74 Å². The fourth-order valence-corrected chi connectivity index (χ4v) is 1.78. The highest BCUT2D eigenvalue weighted by molar-refractivity contribution is 9.10. The molecule has 1 saturated heterocycles. The van der Waals surface area contributed by atoms with E-state index in [1.165, 1.54) is 5.56 Å². The topological polar surface area (TPSA) is 24.9 Å². The van der Waals surface area contributed by atoms with Gasteiger partial charge in [0.25, 0.3) is 0 Å². The number of epoxide rings is 1. The molecule has 2 nitrogen and oxygen atoms in total. The van der Waals surface area contributed by atoms with E-state index in [0.717, 1.165) is 12.3 Å². The largest absolute Gasteiger partial charge is 0.349 e. The van der Waals surface area contributed by atoms with Gasteiger partial charge in [0, 0.05) is 5.71 Å². The Morgan fingerprint density at radius 1 is 1.47 bits per heavy atom. The third-order valence-corrected chi connectivity index (χ3v) is 3.68. The van der Waals surface area contributed by atoms with Gasteiger partial charge in [0.15, 0.2) is 6.23 Å². The Kier molecular flexibility index (Phi) is 2.94. The molecule has 2 unspecified atom stereocenters. The molecular formula is C12H14BrNO. The lowest BCUT2D eigenvalue weighted by Gasteiger charge is -2.22. The van der Waals surface area contributed by atoms with E-state index in [9.17, 15) is 0 Å². The van der Waals surface area contributed by atoms with Crippen LogP contribution >= 0.6 is 15.9 Å². The summed E-state index contributed by atoms with van der Waals surface area (Å²) in [6.45, 7) is 4.90. The quantitative estimate of drug-likeness (QED) is 0.469. The van der Waals surface area contributed by atoms with Crippen LogP contribution < -0.4 is 0 Å². The molecule has 1 aliphatic rings. The van der Waals surface area contributed by atoms with Gasteiger partial charge in [-0.15, -0.1) is 0 Å². The summed E-state index contributed by atoms with van der Waals surface area (Å²) in [6.07, 6.45) is 0.0885. The van der Waals surface area contributed by atoms with Crippen molar-refractivity contribution < 1.29 is 4.74 Å². The molecule has 0 bridgehead atoms. The second-order valence-corrected chi connectivity index (χ2v) is 5.46. The zero-order valence-corrected chi connectivity index (χ0v) is 10.5. The van der Waals surface area contributed by atoms with Gasteiger partial charge in [0.1, 0.15) is 0 Å². The van der Waals surface area contributed by atoms with E-state index < -0.39 is 0 Å². The summed E-state index contributed by atoms with van der Waals surface area (Å²) in [6, 6.07) is 10.3. The van der Waals surface area contributed by atoms with Crippen LogP contribution in [0.15, 0.2) is 35.3 Å². The van der Waals surface area contributed by atoms with Crippen LogP contribution in [-0.2, 0) is 9.06 Å². The normalized spacial score (nSPS) is 24.7. The zero-order chi connectivity index (χ0) is 10.9. The number of nitrogens with zero attached hydrogens (tertiary/aromatic N) is 1. The highest BCUT2D eigenvalue weighted by atomic mass is 79.9. The average Bonchev–Trinajstić information content (AvgIpc) is 3.03. The molecule has 1 heterocycles. The molecule has 3 heteroatoms. The Balaban J connectivity index is 2.25. The van der Waals surface area contributed by atoms with E-state index in [1.807, 2.05) is 25.1 Å². The maximum Gasteiger partial charge on any atom is 0.171 e. The summed E-state index contributed by atoms with van der Waals surface area (Å²) < 4.78 is 4.91. The summed E-state index contributed by atoms with van der Waals surface area (Å²) in [5.74, 6) is 0. The minimum atomic E-state index is -0.194. The molecule has 0 spiro atoms. The van der Waals surface area contributed by atoms with E-state index in [0.29, 0.717) is 0 Å². The van der Waals surface area contributed by atoms with Gasteiger partial charge < -0.3 is 4.74 Å². The molecule has 2 rings (SSSR count). The van der Waals surface area contributed by atoms with Crippen molar-refractivity contribution in [3.05, 3.63) is 35.9 Å². The van der Waals surface area contributed by atoms with Crippen molar-refractivity contribution in [1.82, 2.24) is 0 Å². The van der Waals surface area contributed by atoms with Crippen LogP contribution in [0.1, 0.15) is 19.4 Å². The molecule has 1 aromatic carbocycles. The smallest absolute Gasteiger partial charge is 0.171 e. The number of hydrogen-bond acceptors (Lipinski definition) is 2. The second-order valence-electron chi connectivity index (χ2n) is 3.87. The number of aliphatic imine (C=N–C) groups is 1. The van der Waals surface area contributed by atoms with Crippen molar-refractivity contribution in [3.63, 3.8) is 0 Å². The minimum absolute atomic E-state index is 0.0885. The number of rotatable bonds is 3. The lowest BCUT2D eigenvalue weighted by molar-refractivity contribution is 0.415. The summed E-state index contributed by atoms with van der Waals surface area (Å²) in [7, 11) is 0. The predicted octanol–water partition coefficient (Wildman–Crippen LogP) is 3.11. The van der Waals surface area contributed by atoms with Crippen molar-refractivity contribution in [2.75, 3.05) is 6.61 Å². The molecular weight excluding hydrogens is 254 g/mol. The monoisotopic (exact) mass is 267 g/mol. The van der Waals surface area contributed by atoms with Gasteiger partial charge in [-0.2, -0.15) is 0 Å². The molecule has 1 aromatic rings. The maximum atomic E-state index is 5.10. The zero-order valence-electron chi connectivity index (χ0n) is 8.90. The molecule has 15 heavy (non-hydrogen) atoms. The first-order chi connectivity index (χ1) is 7.10. The Morgan fingerprint density at radius 2 is 2.07 bits per heavy atom. The van der Waals surface area contributed by atoms with Crippen LogP contribution in [0, 0.1) is 0 Å². The van der Waals surface area contributed by atoms with Crippen molar-refractivity contribution in [2.24, 2.45) is 4.99 Å². The molecule has 0 amide bonds. The molecule has 2 atom stereocenters. The van der Waals surface area contributed by atoms with Crippen LogP contribution in [0.5, 0.6) is 0 Å². The standard InChI is InChI=1S/C12H14BrNO/c1-9(14-11-8-15-11)12(2,13)10-6-4-3-5-7-10/h3-7,11H,8H2,1-2H3. The van der Waals surface area contributed by atoms with E-state index in [-0.39, 0.29) is 10.6 Å². The van der Waals surface area contributed by atoms with Gasteiger partial charge in [0.05, 0.1) is 10.9 Å². The second kappa shape index (κ2) is 4.06. The lowest BCUT2D eigenvalue weighted by atomic mass is 9.97. The fraction of sp³-hybridized carbons (Fsp3) is 0.417. The highest BCUT2D eigenvalue weighted by Crippen LogP contribution is 2.33. The predicted molar refractivity (Wildman–Crippen MR) is 65.6 cm³/mol. The fourth-order valence-electron chi connectivity index (χ4n) is 1.41. The van der Waals surface area contributed by atoms with Gasteiger partial charge in [-0.25, -0.2) is 0 Å². The van der Waals surface area contributed by atoms with Gasteiger partial charge in [0.2, 0.25) is 0 Å². The van der Waals surface area contributed by atoms with Gasteiger partial charge in [-0.05, 0) is 19.4 Å². The van der Waals surface area contributed by atoms with Crippen LogP contribution in [0.25, 0.3) is 0 Å². The maximum absolute atomic E-state index is 5.10. The molecule has 1 aliphatic heterocycles. The summed E-state index contributed by atoms with van der Waals surface area (Å²) >= 11 is 3.73. The summed E-state index contributed by atoms with van der Waals surface area (Å²) in [5, 5.41) is 0. The van der Waals surface area contributed by atoms with Crippen LogP contribution in [0.4, 0.5) is 0 Å². The first-order valence-electron chi connectivity index (χ1n) is 5.01. The van der Waals surface area contributed by atoms with Gasteiger partial charge in [-0.3, -0.25) is 4.99 Å². The lowest BCUT2D eigenvalue weighted by Crippen LogP contribution is -2.23. The van der Waals surface area contributed by atoms with E-state index >= 15 is 0 Å². The van der Waals surface area contributed by atoms with Crippen molar-refractivity contribution in [3.8, 4) is 0 Å². The van der Waals surface area contributed by atoms with Gasteiger partial charge in [-0.1, -0.05) is 46.3 Å². The minimum Gasteiger partial charge on any atom is -0.349 e. The molecule has 1 fully saturated rings. The van der Waals surface area contributed by atoms with Crippen molar-refractivity contribution >= 4 is 21.6 Å². The highest BCUT2D eigenvalue weighted by Gasteiger charge is 2.29. The number of alkyl halides is 1. The van der Waals surface area contributed by atoms with Crippen molar-refractivity contribution in [2.45, 2.75) is 24.4 Å². The van der Waals surface area contributed by atoms with Gasteiger partial charge >= 0.3 is 0 Å². The molecule has 0 radical (unpaired) electrons. The van der Waals surface area contributed by atoms with Crippen LogP contribution in [0.3, 0.4) is 0 Å². The average molecular weight is 268 g/mol. The first kappa shape index (κ1) is 10.8. The molecule has 0 saturated carbocycles. The number of hydrogen-bond donors (Lipinski definition) is 0. The summed E-state index contributed by atoms with van der Waals surface area (Å²) in [5.41, 5.74) is 2.27. The van der Waals surface area contributed by atoms with E-state index in [1.54, 1.807) is 0 Å². The Hall–Kier alpha value is -0.670. The molecule has 0 aliphatic carbocycles. The Bertz CT molecular complexity index is 368. The van der Waals surface area contributed by atoms with Crippen molar-refractivity contribution in [1.29, 1.82) is 0 Å². The number of ether oxygens (including phenoxy) is 1. The SMILES string of the molecule is CC(=NC1CO1)C(C)(Br)c1ccccc1. The molecule has 80 valence electrons. The van der Waals surface area contributed by atoms with E-state index in [2.05, 4.69) is 40.0 Å². The number of benzene rings is 1. The molecule has 0 aromatic heterocycles. The Labute approximate surface area is 98.5 Å². The van der Waals surface area contributed by atoms with Crippen LogP contribution in [0.2, 0.25) is 0 Å². The summed E-state index contributed by atoms with van der Waals surface area (Å²) in [4.78, 5) is 4.48. The first-order valence-corrected chi connectivity index (χ1v) is 5.81. The number of halogens is 1. The Morgan fingerprint density at radius 3 is 2.60 bits per heavy atom. The molecule has 0 N–H and O–H groups in total. The third kappa shape index (κ3) is 2.47. The van der Waals surface area contributed by atoms with Crippen LogP contribution in [-0.4, -0.2) is 18.5 Å². The third-order valence-electron chi connectivity index (χ3n) is 2.65.